The van der Waals surface area contributed by atoms with Crippen molar-refractivity contribution in [2.24, 2.45) is 0 Å². The monoisotopic (exact) mass is 420 g/mol. The molecule has 0 bridgehead atoms. The van der Waals surface area contributed by atoms with Gasteiger partial charge in [0.1, 0.15) is 0 Å². The lowest BCUT2D eigenvalue weighted by atomic mass is 10.5. The molecule has 0 saturated carbocycles. The quantitative estimate of drug-likeness (QED) is 0.502. The Labute approximate surface area is 103 Å². The first-order valence-corrected chi connectivity index (χ1v) is 6.17. The third-order valence-corrected chi connectivity index (χ3v) is 4.67. The molecule has 0 spiro atoms. The fourth-order valence-electron chi connectivity index (χ4n) is 0.941. The Hall–Kier alpha value is 0.1000. The molecule has 2 aromatic heterocycles. The molecule has 0 unspecified atom stereocenters. The lowest BCUT2D eigenvalue weighted by Gasteiger charge is -1.89. The highest BCUT2D eigenvalue weighted by Gasteiger charge is 2.09. The van der Waals surface area contributed by atoms with Crippen molar-refractivity contribution < 1.29 is 0 Å². The summed E-state index contributed by atoms with van der Waals surface area (Å²) in [5.74, 6) is 0. The molecule has 2 rings (SSSR count). The van der Waals surface area contributed by atoms with Gasteiger partial charge in [-0.3, -0.25) is 9.59 Å². The van der Waals surface area contributed by atoms with Crippen molar-refractivity contribution in [2.45, 2.75) is 0 Å². The van der Waals surface area contributed by atoms with Crippen molar-refractivity contribution in [2.75, 3.05) is 0 Å². The van der Waals surface area contributed by atoms with Gasteiger partial charge in [-0.2, -0.15) is 0 Å². The van der Waals surface area contributed by atoms with E-state index < -0.39 is 11.1 Å². The van der Waals surface area contributed by atoms with Gasteiger partial charge in [0.2, 0.25) is 0 Å². The van der Waals surface area contributed by atoms with Crippen molar-refractivity contribution in [1.29, 1.82) is 0 Å². The van der Waals surface area contributed by atoms with Gasteiger partial charge in [0.15, 0.2) is 0 Å². The standard InChI is InChI=1S/C6H2I2N2O2S/c7-3-1-2(4(8)13-3)10-6(12)5(11)9-1/h(H,9,11)(H,10,12). The Balaban J connectivity index is 3.09. The second-order valence-electron chi connectivity index (χ2n) is 2.31. The maximum absolute atomic E-state index is 11.0. The van der Waals surface area contributed by atoms with E-state index in [1.165, 1.54) is 11.3 Å². The van der Waals surface area contributed by atoms with Crippen molar-refractivity contribution in [3.63, 3.8) is 0 Å². The van der Waals surface area contributed by atoms with Crippen LogP contribution in [-0.4, -0.2) is 9.97 Å². The number of thiophene rings is 1. The Morgan fingerprint density at radius 2 is 1.31 bits per heavy atom. The van der Waals surface area contributed by atoms with Crippen LogP contribution in [0.3, 0.4) is 0 Å². The molecule has 2 heterocycles. The lowest BCUT2D eigenvalue weighted by Crippen LogP contribution is -2.28. The molecular weight excluding hydrogens is 418 g/mol. The average Bonchev–Trinajstić information content (AvgIpc) is 2.31. The molecule has 0 aliphatic carbocycles. The summed E-state index contributed by atoms with van der Waals surface area (Å²) >= 11 is 5.79. The van der Waals surface area contributed by atoms with E-state index in [4.69, 9.17) is 0 Å². The highest BCUT2D eigenvalue weighted by molar-refractivity contribution is 14.1. The van der Waals surface area contributed by atoms with Crippen LogP contribution >= 0.6 is 56.5 Å². The smallest absolute Gasteiger partial charge is 0.314 e. The molecule has 2 aromatic rings. The van der Waals surface area contributed by atoms with Crippen LogP contribution in [0.5, 0.6) is 0 Å². The third-order valence-electron chi connectivity index (χ3n) is 1.51. The summed E-state index contributed by atoms with van der Waals surface area (Å²) in [5, 5.41) is 0. The summed E-state index contributed by atoms with van der Waals surface area (Å²) in [6.07, 6.45) is 0. The molecule has 0 radical (unpaired) electrons. The van der Waals surface area contributed by atoms with E-state index in [2.05, 4.69) is 55.1 Å². The van der Waals surface area contributed by atoms with Crippen molar-refractivity contribution in [3.8, 4) is 0 Å². The van der Waals surface area contributed by atoms with Gasteiger partial charge < -0.3 is 9.97 Å². The number of aromatic nitrogens is 2. The predicted octanol–water partition coefficient (Wildman–Crippen LogP) is 1.49. The topological polar surface area (TPSA) is 65.7 Å². The van der Waals surface area contributed by atoms with Gasteiger partial charge in [-0.15, -0.1) is 11.3 Å². The van der Waals surface area contributed by atoms with Crippen LogP contribution < -0.4 is 11.1 Å². The van der Waals surface area contributed by atoms with E-state index in [1.54, 1.807) is 0 Å². The number of H-pyrrole nitrogens is 2. The minimum absolute atomic E-state index is 0.598. The Kier molecular flexibility index (Phi) is 2.49. The number of fused-ring (bicyclic) bond motifs is 1. The second kappa shape index (κ2) is 3.35. The number of halogens is 2. The average molecular weight is 420 g/mol. The fourth-order valence-corrected chi connectivity index (χ4v) is 5.00. The minimum atomic E-state index is -0.598. The second-order valence-corrected chi connectivity index (χ2v) is 6.95. The number of nitrogens with one attached hydrogen (secondary N) is 2. The zero-order valence-corrected chi connectivity index (χ0v) is 11.1. The first kappa shape index (κ1) is 9.65. The maximum atomic E-state index is 11.0. The van der Waals surface area contributed by atoms with Crippen LogP contribution in [0.2, 0.25) is 0 Å². The molecule has 0 aliphatic heterocycles. The van der Waals surface area contributed by atoms with Gasteiger partial charge in [-0.05, 0) is 45.2 Å². The molecule has 2 N–H and O–H groups in total. The van der Waals surface area contributed by atoms with E-state index >= 15 is 0 Å². The van der Waals surface area contributed by atoms with Crippen LogP contribution in [-0.2, 0) is 0 Å². The Bertz CT molecular complexity index is 532. The van der Waals surface area contributed by atoms with Gasteiger partial charge in [-0.25, -0.2) is 0 Å². The van der Waals surface area contributed by atoms with Gasteiger partial charge >= 0.3 is 11.1 Å². The summed E-state index contributed by atoms with van der Waals surface area (Å²) in [5.41, 5.74) is 0.249. The SMILES string of the molecule is O=c1[nH]c2c(I)sc(I)c2[nH]c1=O. The molecule has 13 heavy (non-hydrogen) atoms. The Morgan fingerprint density at radius 3 is 1.69 bits per heavy atom. The first-order chi connectivity index (χ1) is 6.09. The zero-order valence-electron chi connectivity index (χ0n) is 5.98. The van der Waals surface area contributed by atoms with Crippen LogP contribution in [0, 0.1) is 5.77 Å². The molecule has 0 fully saturated rings. The van der Waals surface area contributed by atoms with E-state index in [1.807, 2.05) is 0 Å². The first-order valence-electron chi connectivity index (χ1n) is 3.19. The summed E-state index contributed by atoms with van der Waals surface area (Å²) < 4.78 is 1.95. The molecule has 4 nitrogen and oxygen atoms in total. The van der Waals surface area contributed by atoms with Crippen molar-refractivity contribution in [1.82, 2.24) is 9.97 Å². The van der Waals surface area contributed by atoms with Crippen LogP contribution in [0.4, 0.5) is 0 Å². The molecule has 0 aliphatic rings. The van der Waals surface area contributed by atoms with Gasteiger partial charge in [0.05, 0.1) is 16.8 Å². The summed E-state index contributed by atoms with van der Waals surface area (Å²) in [6.45, 7) is 0. The van der Waals surface area contributed by atoms with Crippen molar-refractivity contribution >= 4 is 67.6 Å². The molecule has 0 amide bonds. The lowest BCUT2D eigenvalue weighted by molar-refractivity contribution is 1.15. The highest BCUT2D eigenvalue weighted by atomic mass is 127. The molecular formula is C6H2I2N2O2S. The van der Waals surface area contributed by atoms with Gasteiger partial charge in [0, 0.05) is 0 Å². The number of hydrogen-bond donors (Lipinski definition) is 2. The molecule has 7 heteroatoms. The van der Waals surface area contributed by atoms with E-state index in [0.717, 1.165) is 16.8 Å². The van der Waals surface area contributed by atoms with Crippen LogP contribution in [0.25, 0.3) is 11.0 Å². The maximum Gasteiger partial charge on any atom is 0.314 e. The molecule has 0 saturated heterocycles. The minimum Gasteiger partial charge on any atom is -0.314 e. The highest BCUT2D eigenvalue weighted by Crippen LogP contribution is 2.29. The number of hydrogen-bond acceptors (Lipinski definition) is 3. The van der Waals surface area contributed by atoms with Crippen LogP contribution in [0.1, 0.15) is 0 Å². The largest absolute Gasteiger partial charge is 0.314 e. The molecule has 0 atom stereocenters. The van der Waals surface area contributed by atoms with Crippen LogP contribution in [0.15, 0.2) is 9.59 Å². The summed E-state index contributed by atoms with van der Waals surface area (Å²) in [6, 6.07) is 0. The normalized spacial score (nSPS) is 10.9. The zero-order chi connectivity index (χ0) is 9.59. The van der Waals surface area contributed by atoms with Gasteiger partial charge in [-0.1, -0.05) is 0 Å². The summed E-state index contributed by atoms with van der Waals surface area (Å²) in [4.78, 5) is 27.1. The summed E-state index contributed by atoms with van der Waals surface area (Å²) in [7, 11) is 0. The van der Waals surface area contributed by atoms with E-state index in [9.17, 15) is 9.59 Å². The van der Waals surface area contributed by atoms with Gasteiger partial charge in [0.25, 0.3) is 0 Å². The molecule has 0 aromatic carbocycles. The van der Waals surface area contributed by atoms with Crippen molar-refractivity contribution in [3.05, 3.63) is 26.5 Å². The fraction of sp³-hybridized carbons (Fsp3) is 0. The van der Waals surface area contributed by atoms with E-state index in [-0.39, 0.29) is 0 Å². The van der Waals surface area contributed by atoms with E-state index in [0.29, 0.717) is 0 Å². The number of aromatic amines is 2. The third kappa shape index (κ3) is 1.56. The number of rotatable bonds is 0. The molecule has 68 valence electrons. The Morgan fingerprint density at radius 1 is 0.923 bits per heavy atom. The predicted molar refractivity (Wildman–Crippen MR) is 68.5 cm³/mol.